The van der Waals surface area contributed by atoms with Crippen molar-refractivity contribution in [2.75, 3.05) is 20.1 Å². The highest BCUT2D eigenvalue weighted by Crippen LogP contribution is 2.27. The van der Waals surface area contributed by atoms with E-state index in [9.17, 15) is 13.5 Å². The zero-order chi connectivity index (χ0) is 14.2. The zero-order valence-electron chi connectivity index (χ0n) is 10.2. The number of aliphatic hydroxyl groups is 1. The van der Waals surface area contributed by atoms with Crippen LogP contribution in [0.3, 0.4) is 0 Å². The third kappa shape index (κ3) is 2.96. The lowest BCUT2D eigenvalue weighted by Crippen LogP contribution is -2.44. The first-order valence-electron chi connectivity index (χ1n) is 5.66. The molecule has 0 bridgehead atoms. The quantitative estimate of drug-likeness (QED) is 0.836. The second kappa shape index (κ2) is 5.67. The van der Waals surface area contributed by atoms with Crippen molar-refractivity contribution in [3.63, 3.8) is 0 Å². The monoisotopic (exact) mass is 368 g/mol. The molecule has 19 heavy (non-hydrogen) atoms. The largest absolute Gasteiger partial charge is 0.390 e. The Morgan fingerprint density at radius 2 is 2.16 bits per heavy atom. The van der Waals surface area contributed by atoms with E-state index in [1.165, 1.54) is 29.6 Å². The second-order valence-electron chi connectivity index (χ2n) is 4.39. The van der Waals surface area contributed by atoms with Gasteiger partial charge in [0, 0.05) is 24.6 Å². The maximum absolute atomic E-state index is 12.5. The van der Waals surface area contributed by atoms with E-state index in [-0.39, 0.29) is 4.90 Å². The lowest BCUT2D eigenvalue weighted by molar-refractivity contribution is 0.136. The smallest absolute Gasteiger partial charge is 0.243 e. The summed E-state index contributed by atoms with van der Waals surface area (Å²) in [6.07, 6.45) is -0.699. The first-order chi connectivity index (χ1) is 8.84. The van der Waals surface area contributed by atoms with Crippen molar-refractivity contribution in [3.8, 4) is 0 Å². The van der Waals surface area contributed by atoms with Crippen molar-refractivity contribution in [3.05, 3.63) is 27.7 Å². The lowest BCUT2D eigenvalue weighted by atomic mass is 10.2. The van der Waals surface area contributed by atoms with Crippen LogP contribution in [0.4, 0.5) is 0 Å². The highest BCUT2D eigenvalue weighted by Gasteiger charge is 2.35. The van der Waals surface area contributed by atoms with E-state index < -0.39 is 22.2 Å². The fourth-order valence-corrected chi connectivity index (χ4v) is 4.06. The fraction of sp³-hybridized carbons (Fsp3) is 0.455. The van der Waals surface area contributed by atoms with E-state index in [0.717, 1.165) is 0 Å². The molecule has 1 heterocycles. The number of nitrogens with zero attached hydrogens (tertiary/aromatic N) is 1. The average molecular weight is 370 g/mol. The predicted octanol–water partition coefficient (Wildman–Crippen LogP) is 1.06. The number of benzene rings is 1. The molecule has 1 aromatic carbocycles. The summed E-state index contributed by atoms with van der Waals surface area (Å²) in [5.41, 5.74) is 0. The van der Waals surface area contributed by atoms with Crippen LogP contribution in [0.5, 0.6) is 0 Å². The second-order valence-corrected chi connectivity index (χ2v) is 7.65. The molecule has 0 unspecified atom stereocenters. The van der Waals surface area contributed by atoms with Crippen molar-refractivity contribution < 1.29 is 13.5 Å². The summed E-state index contributed by atoms with van der Waals surface area (Å²) in [5, 5.41) is 13.2. The molecule has 0 radical (unpaired) electrons. The van der Waals surface area contributed by atoms with Crippen LogP contribution < -0.4 is 5.32 Å². The minimum absolute atomic E-state index is 0.144. The number of β-amino-alcohol motifs (C(OH)–C–C–N with tert-alkyl or cyclic N) is 1. The molecule has 2 rings (SSSR count). The number of nitrogens with one attached hydrogen (secondary N) is 1. The van der Waals surface area contributed by atoms with Gasteiger partial charge in [0.25, 0.3) is 0 Å². The first-order valence-corrected chi connectivity index (χ1v) is 8.27. The van der Waals surface area contributed by atoms with Crippen LogP contribution in [-0.4, -0.2) is 50.1 Å². The number of hydrogen-bond donors (Lipinski definition) is 2. The summed E-state index contributed by atoms with van der Waals surface area (Å²) < 4.78 is 26.6. The molecule has 0 amide bonds. The van der Waals surface area contributed by atoms with Gasteiger partial charge in [-0.3, -0.25) is 0 Å². The third-order valence-corrected chi connectivity index (χ3v) is 6.28. The average Bonchev–Trinajstić information content (AvgIpc) is 2.77. The van der Waals surface area contributed by atoms with Crippen LogP contribution in [0.15, 0.2) is 27.6 Å². The number of rotatable bonds is 3. The van der Waals surface area contributed by atoms with Crippen molar-refractivity contribution >= 4 is 37.6 Å². The molecule has 1 saturated heterocycles. The Balaban J connectivity index is 2.33. The number of halogens is 2. The van der Waals surface area contributed by atoms with E-state index >= 15 is 0 Å². The Morgan fingerprint density at radius 3 is 2.68 bits per heavy atom. The molecule has 0 spiro atoms. The van der Waals surface area contributed by atoms with Gasteiger partial charge in [-0.15, -0.1) is 0 Å². The van der Waals surface area contributed by atoms with Crippen LogP contribution in [0.25, 0.3) is 0 Å². The third-order valence-electron chi connectivity index (χ3n) is 3.19. The number of hydrogen-bond acceptors (Lipinski definition) is 4. The Morgan fingerprint density at radius 1 is 1.47 bits per heavy atom. The standard InChI is InChI=1S/C11H14BrClN2O3S/c1-15(10-5-14-6-11(10)16)19(17,18)7-2-3-9(13)8(12)4-7/h2-4,10-11,14,16H,5-6H2,1H3/t10-,11-/m0/s1. The summed E-state index contributed by atoms with van der Waals surface area (Å²) in [5.74, 6) is 0. The molecular formula is C11H14BrClN2O3S. The first kappa shape index (κ1) is 15.2. The van der Waals surface area contributed by atoms with Gasteiger partial charge < -0.3 is 10.4 Å². The van der Waals surface area contributed by atoms with Gasteiger partial charge >= 0.3 is 0 Å². The van der Waals surface area contributed by atoms with E-state index in [0.29, 0.717) is 22.6 Å². The van der Waals surface area contributed by atoms with E-state index in [4.69, 9.17) is 11.6 Å². The molecule has 2 atom stereocenters. The SMILES string of the molecule is CN([C@H]1CNC[C@@H]1O)S(=O)(=O)c1ccc(Cl)c(Br)c1. The molecule has 2 N–H and O–H groups in total. The van der Waals surface area contributed by atoms with Crippen molar-refractivity contribution in [1.82, 2.24) is 9.62 Å². The summed E-state index contributed by atoms with van der Waals surface area (Å²) in [6.45, 7) is 0.834. The van der Waals surface area contributed by atoms with Crippen LogP contribution in [0.2, 0.25) is 5.02 Å². The molecule has 1 aromatic rings. The summed E-state index contributed by atoms with van der Waals surface area (Å²) in [7, 11) is -2.18. The molecule has 1 aliphatic rings. The maximum Gasteiger partial charge on any atom is 0.243 e. The highest BCUT2D eigenvalue weighted by atomic mass is 79.9. The van der Waals surface area contributed by atoms with Gasteiger partial charge in [-0.1, -0.05) is 11.6 Å². The van der Waals surface area contributed by atoms with Crippen molar-refractivity contribution in [2.45, 2.75) is 17.0 Å². The topological polar surface area (TPSA) is 69.6 Å². The van der Waals surface area contributed by atoms with E-state index in [2.05, 4.69) is 21.2 Å². The van der Waals surface area contributed by atoms with E-state index in [1.54, 1.807) is 0 Å². The molecule has 0 saturated carbocycles. The summed E-state index contributed by atoms with van der Waals surface area (Å²) >= 11 is 9.06. The molecule has 0 aliphatic carbocycles. The van der Waals surface area contributed by atoms with Crippen LogP contribution in [-0.2, 0) is 10.0 Å². The van der Waals surface area contributed by atoms with Crippen LogP contribution >= 0.6 is 27.5 Å². The van der Waals surface area contributed by atoms with Gasteiger partial charge in [0.05, 0.1) is 22.1 Å². The van der Waals surface area contributed by atoms with Gasteiger partial charge in [-0.05, 0) is 34.1 Å². The molecule has 0 aromatic heterocycles. The molecule has 1 aliphatic heterocycles. The van der Waals surface area contributed by atoms with Gasteiger partial charge in [-0.25, -0.2) is 8.42 Å². The molecule has 106 valence electrons. The molecular weight excluding hydrogens is 356 g/mol. The van der Waals surface area contributed by atoms with Gasteiger partial charge in [0.1, 0.15) is 0 Å². The minimum atomic E-state index is -3.65. The summed E-state index contributed by atoms with van der Waals surface area (Å²) in [6, 6.07) is 3.98. The minimum Gasteiger partial charge on any atom is -0.390 e. The van der Waals surface area contributed by atoms with E-state index in [1.807, 2.05) is 0 Å². The van der Waals surface area contributed by atoms with Crippen molar-refractivity contribution in [1.29, 1.82) is 0 Å². The number of sulfonamides is 1. The van der Waals surface area contributed by atoms with Gasteiger partial charge in [-0.2, -0.15) is 4.31 Å². The van der Waals surface area contributed by atoms with Gasteiger partial charge in [0.15, 0.2) is 0 Å². The summed E-state index contributed by atoms with van der Waals surface area (Å²) in [4.78, 5) is 0.144. The Labute approximate surface area is 125 Å². The predicted molar refractivity (Wildman–Crippen MR) is 76.8 cm³/mol. The maximum atomic E-state index is 12.5. The Bertz CT molecular complexity index is 581. The lowest BCUT2D eigenvalue weighted by Gasteiger charge is -2.25. The molecule has 1 fully saturated rings. The van der Waals surface area contributed by atoms with Crippen LogP contribution in [0.1, 0.15) is 0 Å². The molecule has 5 nitrogen and oxygen atoms in total. The normalized spacial score (nSPS) is 24.1. The number of aliphatic hydroxyl groups excluding tert-OH is 1. The number of likely N-dealkylation sites (N-methyl/N-ethyl adjacent to an activating group) is 1. The zero-order valence-corrected chi connectivity index (χ0v) is 13.3. The van der Waals surface area contributed by atoms with Crippen molar-refractivity contribution in [2.24, 2.45) is 0 Å². The Kier molecular flexibility index (Phi) is 4.54. The molecule has 8 heteroatoms. The Hall–Kier alpha value is -0.180. The van der Waals surface area contributed by atoms with Crippen LogP contribution in [0, 0.1) is 0 Å². The van der Waals surface area contributed by atoms with Gasteiger partial charge in [0.2, 0.25) is 10.0 Å². The fourth-order valence-electron chi connectivity index (χ4n) is 2.00. The highest BCUT2D eigenvalue weighted by molar-refractivity contribution is 9.10.